The van der Waals surface area contributed by atoms with Gasteiger partial charge in [0.2, 0.25) is 0 Å². The maximum Gasteiger partial charge on any atom is 0.272 e. The Bertz CT molecular complexity index is 1550. The van der Waals surface area contributed by atoms with E-state index >= 15 is 0 Å². The van der Waals surface area contributed by atoms with Gasteiger partial charge in [-0.2, -0.15) is 5.10 Å². The minimum atomic E-state index is -0.616. The van der Waals surface area contributed by atoms with Crippen LogP contribution in [-0.2, 0) is 20.0 Å². The van der Waals surface area contributed by atoms with E-state index in [0.29, 0.717) is 53.7 Å². The number of aryl methyl sites for hydroxylation is 1. The fourth-order valence-electron chi connectivity index (χ4n) is 7.46. The predicted octanol–water partition coefficient (Wildman–Crippen LogP) is 3.60. The lowest BCUT2D eigenvalue weighted by Crippen LogP contribution is -2.56. The Morgan fingerprint density at radius 1 is 0.935 bits per heavy atom. The second-order valence-electron chi connectivity index (χ2n) is 13.2. The second kappa shape index (κ2) is 13.7. The number of amides is 2. The molecule has 1 aliphatic carbocycles. The zero-order valence-corrected chi connectivity index (χ0v) is 27.4. The van der Waals surface area contributed by atoms with Crippen LogP contribution in [0.3, 0.4) is 0 Å². The van der Waals surface area contributed by atoms with Crippen molar-refractivity contribution >= 4 is 29.4 Å². The van der Waals surface area contributed by atoms with E-state index in [1.165, 1.54) is 24.0 Å². The summed E-state index contributed by atoms with van der Waals surface area (Å²) in [5.74, 6) is 0.503. The number of β-amino-alcohol motifs (C(OH)–C–C–N with tert-alkyl or cyclic N) is 1. The summed E-state index contributed by atoms with van der Waals surface area (Å²) in [7, 11) is 1.81. The van der Waals surface area contributed by atoms with Gasteiger partial charge in [0, 0.05) is 75.9 Å². The Balaban J connectivity index is 1.01. The number of aliphatic hydroxyl groups is 1. The Morgan fingerprint density at radius 3 is 2.43 bits per heavy atom. The number of aromatic nitrogens is 4. The van der Waals surface area contributed by atoms with E-state index in [0.717, 1.165) is 51.6 Å². The monoisotopic (exact) mass is 644 g/mol. The van der Waals surface area contributed by atoms with Crippen LogP contribution in [0.25, 0.3) is 0 Å². The van der Waals surface area contributed by atoms with E-state index in [4.69, 9.17) is 9.97 Å². The Hall–Kier alpha value is -3.48. The molecule has 2 N–H and O–H groups in total. The van der Waals surface area contributed by atoms with Crippen molar-refractivity contribution in [3.05, 3.63) is 65.1 Å². The number of carbonyl (C=O) groups excluding carboxylic acids is 2. The minimum absolute atomic E-state index is 0.00720. The number of nitrogens with zero attached hydrogens (tertiary/aromatic N) is 7. The van der Waals surface area contributed by atoms with Crippen LogP contribution in [0.5, 0.6) is 0 Å². The van der Waals surface area contributed by atoms with Crippen molar-refractivity contribution in [2.75, 3.05) is 38.0 Å². The molecule has 3 aromatic rings. The average Bonchev–Trinajstić information content (AvgIpc) is 3.76. The third-order valence-corrected chi connectivity index (χ3v) is 11.2. The number of rotatable bonds is 7. The number of anilines is 1. The molecule has 7 rings (SSSR count). The number of carbonyl (C=O) groups is 2. The molecule has 3 aliphatic heterocycles. The van der Waals surface area contributed by atoms with Crippen LogP contribution in [0.4, 0.5) is 5.82 Å². The highest BCUT2D eigenvalue weighted by Gasteiger charge is 2.36. The molecule has 0 unspecified atom stereocenters. The van der Waals surface area contributed by atoms with Crippen molar-refractivity contribution < 1.29 is 14.7 Å². The van der Waals surface area contributed by atoms with Crippen LogP contribution in [-0.4, -0.2) is 108 Å². The van der Waals surface area contributed by atoms with E-state index in [-0.39, 0.29) is 23.9 Å². The first-order valence-corrected chi connectivity index (χ1v) is 17.7. The molecule has 3 fully saturated rings. The van der Waals surface area contributed by atoms with E-state index < -0.39 is 6.10 Å². The number of fused-ring (bicyclic) bond motifs is 1. The molecule has 11 nitrogen and oxygen atoms in total. The molecule has 1 saturated carbocycles. The summed E-state index contributed by atoms with van der Waals surface area (Å²) in [4.78, 5) is 42.4. The van der Waals surface area contributed by atoms with Gasteiger partial charge in [-0.05, 0) is 49.7 Å². The van der Waals surface area contributed by atoms with Crippen LogP contribution < -0.4 is 5.32 Å². The first-order chi connectivity index (χ1) is 22.4. The van der Waals surface area contributed by atoms with Crippen LogP contribution in [0, 0.1) is 0 Å². The van der Waals surface area contributed by atoms with Crippen molar-refractivity contribution in [1.82, 2.24) is 34.4 Å². The quantitative estimate of drug-likeness (QED) is 0.372. The molecule has 12 heteroatoms. The molecule has 4 aliphatic rings. The number of aliphatic hydroxyl groups excluding tert-OH is 1. The Morgan fingerprint density at radius 2 is 1.70 bits per heavy atom. The largest absolute Gasteiger partial charge is 0.390 e. The molecule has 244 valence electrons. The molecule has 5 heterocycles. The highest BCUT2D eigenvalue weighted by molar-refractivity contribution is 7.99. The number of piperidine rings is 2. The molecule has 0 bridgehead atoms. The van der Waals surface area contributed by atoms with Gasteiger partial charge in [0.25, 0.3) is 11.8 Å². The summed E-state index contributed by atoms with van der Waals surface area (Å²) >= 11 is 1.67. The van der Waals surface area contributed by atoms with Crippen LogP contribution in [0.1, 0.15) is 76.9 Å². The van der Waals surface area contributed by atoms with Crippen molar-refractivity contribution in [2.24, 2.45) is 7.05 Å². The number of likely N-dealkylation sites (tertiary alicyclic amines) is 2. The predicted molar refractivity (Wildman–Crippen MR) is 177 cm³/mol. The van der Waals surface area contributed by atoms with E-state index in [1.807, 2.05) is 11.9 Å². The standard InChI is InChI=1S/C34H44N8O3S/c1-39-20-25(19-35-39)32(44)40-15-11-26(12-16-40)36-31-18-28(37-34(38-31)46-27-8-4-5-9-27)33(45)42-17-13-29(30(43)22-42)41-14-10-23-6-2-3-7-24(23)21-41/h2-3,6-7,18-20,26-27,29-30,43H,4-5,8-17,21-22H2,1H3,(H,36,37,38)/t29-,30-/m1/s1. The van der Waals surface area contributed by atoms with Gasteiger partial charge in [-0.1, -0.05) is 48.9 Å². The molecule has 0 radical (unpaired) electrons. The summed E-state index contributed by atoms with van der Waals surface area (Å²) < 4.78 is 1.65. The molecule has 2 atom stereocenters. The lowest BCUT2D eigenvalue weighted by molar-refractivity contribution is -0.0139. The smallest absolute Gasteiger partial charge is 0.272 e. The van der Waals surface area contributed by atoms with Crippen molar-refractivity contribution in [2.45, 2.75) is 86.5 Å². The number of hydrogen-bond acceptors (Lipinski definition) is 9. The van der Waals surface area contributed by atoms with Gasteiger partial charge in [-0.3, -0.25) is 19.2 Å². The summed E-state index contributed by atoms with van der Waals surface area (Å²) in [5.41, 5.74) is 3.71. The average molecular weight is 645 g/mol. The zero-order valence-electron chi connectivity index (χ0n) is 26.6. The minimum Gasteiger partial charge on any atom is -0.390 e. The van der Waals surface area contributed by atoms with Gasteiger partial charge in [0.05, 0.1) is 17.9 Å². The molecule has 0 spiro atoms. The van der Waals surface area contributed by atoms with Gasteiger partial charge in [0.1, 0.15) is 11.5 Å². The van der Waals surface area contributed by atoms with Crippen LogP contribution >= 0.6 is 11.8 Å². The zero-order chi connectivity index (χ0) is 31.6. The van der Waals surface area contributed by atoms with E-state index in [2.05, 4.69) is 39.6 Å². The summed E-state index contributed by atoms with van der Waals surface area (Å²) in [5, 5.41) is 20.1. The Labute approximate surface area is 274 Å². The third kappa shape index (κ3) is 6.94. The maximum absolute atomic E-state index is 13.9. The molecule has 46 heavy (non-hydrogen) atoms. The fraction of sp³-hybridized carbons (Fsp3) is 0.559. The molecule has 2 saturated heterocycles. The molecule has 1 aromatic carbocycles. The first kappa shape index (κ1) is 31.1. The van der Waals surface area contributed by atoms with Gasteiger partial charge in [-0.15, -0.1) is 0 Å². The lowest BCUT2D eigenvalue weighted by Gasteiger charge is -2.43. The molecular formula is C34H44N8O3S. The third-order valence-electron chi connectivity index (χ3n) is 10.0. The van der Waals surface area contributed by atoms with Gasteiger partial charge in [-0.25, -0.2) is 9.97 Å². The highest BCUT2D eigenvalue weighted by Crippen LogP contribution is 2.34. The number of hydrogen-bond donors (Lipinski definition) is 2. The van der Waals surface area contributed by atoms with Crippen molar-refractivity contribution in [3.63, 3.8) is 0 Å². The Kier molecular flexibility index (Phi) is 9.28. The lowest BCUT2D eigenvalue weighted by atomic mass is 9.94. The number of nitrogens with one attached hydrogen (secondary N) is 1. The molecule has 2 amide bonds. The maximum atomic E-state index is 13.9. The normalized spacial score (nSPS) is 23.0. The first-order valence-electron chi connectivity index (χ1n) is 16.8. The number of benzene rings is 1. The van der Waals surface area contributed by atoms with Gasteiger partial charge in [0.15, 0.2) is 5.16 Å². The number of thioether (sulfide) groups is 1. The van der Waals surface area contributed by atoms with Crippen LogP contribution in [0.15, 0.2) is 47.9 Å². The van der Waals surface area contributed by atoms with E-state index in [9.17, 15) is 14.7 Å². The summed E-state index contributed by atoms with van der Waals surface area (Å²) in [6.07, 6.45) is 10.7. The van der Waals surface area contributed by atoms with Crippen molar-refractivity contribution in [1.29, 1.82) is 0 Å². The van der Waals surface area contributed by atoms with Crippen molar-refractivity contribution in [3.8, 4) is 0 Å². The fourth-order valence-corrected chi connectivity index (χ4v) is 8.63. The molecule has 2 aromatic heterocycles. The van der Waals surface area contributed by atoms with Gasteiger partial charge >= 0.3 is 0 Å². The van der Waals surface area contributed by atoms with Gasteiger partial charge < -0.3 is 20.2 Å². The van der Waals surface area contributed by atoms with E-state index in [1.54, 1.807) is 39.8 Å². The summed E-state index contributed by atoms with van der Waals surface area (Å²) in [6.45, 7) is 3.92. The molecular weight excluding hydrogens is 600 g/mol. The highest BCUT2D eigenvalue weighted by atomic mass is 32.2. The van der Waals surface area contributed by atoms with Crippen LogP contribution in [0.2, 0.25) is 0 Å². The summed E-state index contributed by atoms with van der Waals surface area (Å²) in [6, 6.07) is 10.5. The topological polar surface area (TPSA) is 120 Å². The second-order valence-corrected chi connectivity index (χ2v) is 14.5. The SMILES string of the molecule is Cn1cc(C(=O)N2CCC(Nc3cc(C(=O)N4CC[C@@H](N5CCc6ccccc6C5)[C@H](O)C4)nc(SC4CCCC4)n3)CC2)cn1.